The van der Waals surface area contributed by atoms with Crippen LogP contribution in [0.15, 0.2) is 29.1 Å². The van der Waals surface area contributed by atoms with Crippen LogP contribution >= 0.6 is 0 Å². The standard InChI is InChI=1S/C14H18N2O3/c1-9(17)8-15-7-6-10-2-4-12(18)14-11(10)3-5-13(19)16-14/h2-5,9,15,17-18H,6-8H2,1H3,(H,16,19). The average Bonchev–Trinajstić information content (AvgIpc) is 2.37. The molecule has 0 amide bonds. The number of fused-ring (bicyclic) bond motifs is 1. The third-order valence-corrected chi connectivity index (χ3v) is 2.97. The Morgan fingerprint density at radius 2 is 2.11 bits per heavy atom. The van der Waals surface area contributed by atoms with Crippen molar-refractivity contribution in [2.75, 3.05) is 13.1 Å². The maximum absolute atomic E-state index is 11.3. The van der Waals surface area contributed by atoms with Gasteiger partial charge < -0.3 is 20.5 Å². The lowest BCUT2D eigenvalue weighted by molar-refractivity contribution is 0.191. The predicted molar refractivity (Wildman–Crippen MR) is 74.5 cm³/mol. The summed E-state index contributed by atoms with van der Waals surface area (Å²) in [6, 6.07) is 6.61. The van der Waals surface area contributed by atoms with Crippen LogP contribution in [0, 0.1) is 0 Å². The van der Waals surface area contributed by atoms with E-state index in [-0.39, 0.29) is 17.4 Å². The van der Waals surface area contributed by atoms with Crippen LogP contribution in [0.25, 0.3) is 10.9 Å². The van der Waals surface area contributed by atoms with Gasteiger partial charge in [0.1, 0.15) is 5.75 Å². The Morgan fingerprint density at radius 3 is 2.84 bits per heavy atom. The Kier molecular flexibility index (Phi) is 4.19. The zero-order chi connectivity index (χ0) is 13.8. The summed E-state index contributed by atoms with van der Waals surface area (Å²) in [6.45, 7) is 3.00. The molecule has 1 heterocycles. The zero-order valence-electron chi connectivity index (χ0n) is 10.8. The summed E-state index contributed by atoms with van der Waals surface area (Å²) in [4.78, 5) is 13.9. The van der Waals surface area contributed by atoms with Gasteiger partial charge in [-0.1, -0.05) is 6.07 Å². The summed E-state index contributed by atoms with van der Waals surface area (Å²) >= 11 is 0. The predicted octanol–water partition coefficient (Wildman–Crippen LogP) is 0.747. The van der Waals surface area contributed by atoms with Gasteiger partial charge in [0, 0.05) is 18.0 Å². The quantitative estimate of drug-likeness (QED) is 0.599. The Balaban J connectivity index is 2.20. The average molecular weight is 262 g/mol. The molecule has 5 nitrogen and oxygen atoms in total. The van der Waals surface area contributed by atoms with Crippen LogP contribution in [0.5, 0.6) is 5.75 Å². The number of aromatic hydroxyl groups is 1. The Bertz CT molecular complexity index is 620. The number of aromatic nitrogens is 1. The number of phenolic OH excluding ortho intramolecular Hbond substituents is 1. The molecule has 0 saturated carbocycles. The van der Waals surface area contributed by atoms with Gasteiger partial charge in [-0.3, -0.25) is 4.79 Å². The van der Waals surface area contributed by atoms with Gasteiger partial charge in [-0.15, -0.1) is 0 Å². The van der Waals surface area contributed by atoms with Crippen molar-refractivity contribution in [2.45, 2.75) is 19.4 Å². The molecule has 0 bridgehead atoms. The number of pyridine rings is 1. The lowest BCUT2D eigenvalue weighted by Crippen LogP contribution is -2.26. The highest BCUT2D eigenvalue weighted by molar-refractivity contribution is 5.87. The van der Waals surface area contributed by atoms with Crippen LogP contribution in [-0.4, -0.2) is 34.4 Å². The van der Waals surface area contributed by atoms with Gasteiger partial charge in [-0.2, -0.15) is 0 Å². The highest BCUT2D eigenvalue weighted by Gasteiger charge is 2.06. The summed E-state index contributed by atoms with van der Waals surface area (Å²) in [5, 5.41) is 22.9. The lowest BCUT2D eigenvalue weighted by atomic mass is 10.0. The fraction of sp³-hybridized carbons (Fsp3) is 0.357. The minimum absolute atomic E-state index is 0.0772. The first-order chi connectivity index (χ1) is 9.08. The summed E-state index contributed by atoms with van der Waals surface area (Å²) in [7, 11) is 0. The van der Waals surface area contributed by atoms with Gasteiger partial charge in [-0.05, 0) is 37.6 Å². The second-order valence-corrected chi connectivity index (χ2v) is 4.66. The van der Waals surface area contributed by atoms with Crippen molar-refractivity contribution in [2.24, 2.45) is 0 Å². The molecule has 0 aliphatic rings. The number of phenols is 1. The van der Waals surface area contributed by atoms with Gasteiger partial charge in [0.15, 0.2) is 0 Å². The van der Waals surface area contributed by atoms with E-state index in [0.29, 0.717) is 12.1 Å². The molecule has 0 aliphatic carbocycles. The van der Waals surface area contributed by atoms with Crippen molar-refractivity contribution in [3.63, 3.8) is 0 Å². The van der Waals surface area contributed by atoms with Crippen molar-refractivity contribution in [1.29, 1.82) is 0 Å². The summed E-state index contributed by atoms with van der Waals surface area (Å²) < 4.78 is 0. The lowest BCUT2D eigenvalue weighted by Gasteiger charge is -2.09. The number of aliphatic hydroxyl groups is 1. The van der Waals surface area contributed by atoms with Crippen LogP contribution in [0.3, 0.4) is 0 Å². The maximum Gasteiger partial charge on any atom is 0.248 e. The molecular formula is C14H18N2O3. The maximum atomic E-state index is 11.3. The second kappa shape index (κ2) is 5.86. The molecule has 0 fully saturated rings. The van der Waals surface area contributed by atoms with E-state index in [2.05, 4.69) is 10.3 Å². The highest BCUT2D eigenvalue weighted by atomic mass is 16.3. The molecule has 1 aromatic carbocycles. The van der Waals surface area contributed by atoms with Gasteiger partial charge in [0.2, 0.25) is 5.56 Å². The summed E-state index contributed by atoms with van der Waals surface area (Å²) in [5.41, 5.74) is 1.29. The van der Waals surface area contributed by atoms with Gasteiger partial charge in [0.05, 0.1) is 11.6 Å². The molecular weight excluding hydrogens is 244 g/mol. The number of aromatic amines is 1. The Labute approximate surface area is 110 Å². The largest absolute Gasteiger partial charge is 0.506 e. The minimum atomic E-state index is -0.368. The van der Waals surface area contributed by atoms with Crippen molar-refractivity contribution < 1.29 is 10.2 Å². The zero-order valence-corrected chi connectivity index (χ0v) is 10.8. The number of hydrogen-bond donors (Lipinski definition) is 4. The molecule has 0 spiro atoms. The van der Waals surface area contributed by atoms with Crippen LogP contribution in [0.2, 0.25) is 0 Å². The first-order valence-corrected chi connectivity index (χ1v) is 6.30. The van der Waals surface area contributed by atoms with E-state index in [4.69, 9.17) is 5.11 Å². The first-order valence-electron chi connectivity index (χ1n) is 6.30. The number of benzene rings is 1. The molecule has 5 heteroatoms. The van der Waals surface area contributed by atoms with E-state index in [1.54, 1.807) is 19.1 Å². The van der Waals surface area contributed by atoms with Gasteiger partial charge >= 0.3 is 0 Å². The molecule has 0 saturated heterocycles. The van der Waals surface area contributed by atoms with Crippen LogP contribution < -0.4 is 10.9 Å². The minimum Gasteiger partial charge on any atom is -0.506 e. The monoisotopic (exact) mass is 262 g/mol. The fourth-order valence-electron chi connectivity index (χ4n) is 2.05. The SMILES string of the molecule is CC(O)CNCCc1ccc(O)c2[nH]c(=O)ccc12. The Morgan fingerprint density at radius 1 is 1.32 bits per heavy atom. The Hall–Kier alpha value is -1.85. The molecule has 1 atom stereocenters. The number of rotatable bonds is 5. The smallest absolute Gasteiger partial charge is 0.248 e. The topological polar surface area (TPSA) is 85.3 Å². The van der Waals surface area contributed by atoms with Crippen LogP contribution in [-0.2, 0) is 6.42 Å². The van der Waals surface area contributed by atoms with E-state index in [1.807, 2.05) is 6.07 Å². The van der Waals surface area contributed by atoms with Crippen molar-refractivity contribution >= 4 is 10.9 Å². The number of nitrogens with one attached hydrogen (secondary N) is 2. The number of H-pyrrole nitrogens is 1. The van der Waals surface area contributed by atoms with Crippen molar-refractivity contribution in [3.05, 3.63) is 40.2 Å². The summed E-state index contributed by atoms with van der Waals surface area (Å²) in [6.07, 6.45) is 0.392. The molecule has 19 heavy (non-hydrogen) atoms. The van der Waals surface area contributed by atoms with E-state index in [0.717, 1.165) is 23.9 Å². The normalized spacial score (nSPS) is 12.7. The first kappa shape index (κ1) is 13.6. The van der Waals surface area contributed by atoms with Crippen LogP contribution in [0.1, 0.15) is 12.5 Å². The number of aliphatic hydroxyl groups excluding tert-OH is 1. The third-order valence-electron chi connectivity index (χ3n) is 2.97. The molecule has 2 aromatic rings. The van der Waals surface area contributed by atoms with E-state index in [9.17, 15) is 9.90 Å². The molecule has 4 N–H and O–H groups in total. The molecule has 0 radical (unpaired) electrons. The third kappa shape index (κ3) is 3.33. The van der Waals surface area contributed by atoms with E-state index < -0.39 is 0 Å². The highest BCUT2D eigenvalue weighted by Crippen LogP contribution is 2.24. The second-order valence-electron chi connectivity index (χ2n) is 4.66. The fourth-order valence-corrected chi connectivity index (χ4v) is 2.05. The molecule has 102 valence electrons. The molecule has 1 aromatic heterocycles. The molecule has 1 unspecified atom stereocenters. The van der Waals surface area contributed by atoms with Gasteiger partial charge in [-0.25, -0.2) is 0 Å². The molecule has 0 aliphatic heterocycles. The van der Waals surface area contributed by atoms with E-state index in [1.165, 1.54) is 6.07 Å². The van der Waals surface area contributed by atoms with E-state index >= 15 is 0 Å². The van der Waals surface area contributed by atoms with Crippen LogP contribution in [0.4, 0.5) is 0 Å². The number of hydrogen-bond acceptors (Lipinski definition) is 4. The summed E-state index contributed by atoms with van der Waals surface area (Å²) in [5.74, 6) is 0.0772. The van der Waals surface area contributed by atoms with Crippen molar-refractivity contribution in [1.82, 2.24) is 10.3 Å². The molecule has 2 rings (SSSR count). The van der Waals surface area contributed by atoms with Gasteiger partial charge in [0.25, 0.3) is 0 Å². The van der Waals surface area contributed by atoms with Crippen molar-refractivity contribution in [3.8, 4) is 5.75 Å².